The van der Waals surface area contributed by atoms with Gasteiger partial charge in [-0.1, -0.05) is 248 Å². The van der Waals surface area contributed by atoms with E-state index in [1.165, 1.54) is 154 Å². The zero-order chi connectivity index (χ0) is 51.3. The number of rotatable bonds is 53. The van der Waals surface area contributed by atoms with Gasteiger partial charge in [0.25, 0.3) is 0 Å². The molecule has 0 bridgehead atoms. The van der Waals surface area contributed by atoms with Crippen molar-refractivity contribution in [3.05, 3.63) is 60.8 Å². The van der Waals surface area contributed by atoms with E-state index in [1.54, 1.807) is 0 Å². The number of hydrogen-bond donors (Lipinski definition) is 0. The maximum atomic E-state index is 12.8. The van der Waals surface area contributed by atoms with E-state index in [0.717, 1.165) is 77.0 Å². The van der Waals surface area contributed by atoms with Gasteiger partial charge in [-0.2, -0.15) is 0 Å². The summed E-state index contributed by atoms with van der Waals surface area (Å²) in [6, 6.07) is -0.729. The highest BCUT2D eigenvalue weighted by molar-refractivity contribution is 5.70. The van der Waals surface area contributed by atoms with Gasteiger partial charge in [-0.25, -0.2) is 0 Å². The van der Waals surface area contributed by atoms with Crippen LogP contribution in [0.15, 0.2) is 60.8 Å². The number of quaternary nitrogens is 1. The smallest absolute Gasteiger partial charge is 0.306 e. The first-order valence-electron chi connectivity index (χ1n) is 29.3. The van der Waals surface area contributed by atoms with Gasteiger partial charge in [-0.15, -0.1) is 0 Å². The van der Waals surface area contributed by atoms with Crippen molar-refractivity contribution >= 4 is 17.9 Å². The molecule has 0 amide bonds. The lowest BCUT2D eigenvalue weighted by molar-refractivity contribution is -0.889. The molecule has 0 aliphatic heterocycles. The van der Waals surface area contributed by atoms with E-state index < -0.39 is 18.1 Å². The summed E-state index contributed by atoms with van der Waals surface area (Å²) in [6.07, 6.45) is 66.9. The van der Waals surface area contributed by atoms with Crippen LogP contribution in [0.25, 0.3) is 0 Å². The second-order valence-electron chi connectivity index (χ2n) is 20.9. The molecular formula is C62H111NO7. The average Bonchev–Trinajstić information content (AvgIpc) is 3.33. The van der Waals surface area contributed by atoms with Crippen LogP contribution in [0, 0.1) is 0 Å². The third-order valence-corrected chi connectivity index (χ3v) is 13.2. The number of carbonyl (C=O) groups excluding carboxylic acids is 3. The molecule has 0 spiro atoms. The first-order valence-corrected chi connectivity index (χ1v) is 29.3. The Morgan fingerprint density at radius 1 is 0.443 bits per heavy atom. The van der Waals surface area contributed by atoms with E-state index >= 15 is 0 Å². The van der Waals surface area contributed by atoms with Crippen molar-refractivity contribution in [1.82, 2.24) is 0 Å². The fraction of sp³-hybridized carbons (Fsp3) is 0.790. The van der Waals surface area contributed by atoms with Crippen LogP contribution >= 0.6 is 0 Å². The van der Waals surface area contributed by atoms with E-state index in [-0.39, 0.29) is 42.7 Å². The van der Waals surface area contributed by atoms with Gasteiger partial charge in [-0.05, 0) is 57.8 Å². The minimum Gasteiger partial charge on any atom is -0.544 e. The van der Waals surface area contributed by atoms with Gasteiger partial charge in [0, 0.05) is 19.3 Å². The third kappa shape index (κ3) is 50.0. The summed E-state index contributed by atoms with van der Waals surface area (Å²) in [6.45, 7) is 4.58. The molecule has 0 aromatic rings. The van der Waals surface area contributed by atoms with Crippen LogP contribution in [-0.2, 0) is 28.6 Å². The summed E-state index contributed by atoms with van der Waals surface area (Å²) >= 11 is 0. The molecular weight excluding hydrogens is 871 g/mol. The number of ether oxygens (including phenoxy) is 3. The van der Waals surface area contributed by atoms with Crippen LogP contribution in [0.1, 0.15) is 264 Å². The normalized spacial score (nSPS) is 13.2. The van der Waals surface area contributed by atoms with Crippen molar-refractivity contribution in [2.45, 2.75) is 276 Å². The molecule has 0 aliphatic carbocycles. The molecule has 0 saturated heterocycles. The molecule has 0 rings (SSSR count). The van der Waals surface area contributed by atoms with Crippen LogP contribution in [0.2, 0.25) is 0 Å². The van der Waals surface area contributed by atoms with Crippen molar-refractivity contribution < 1.29 is 38.2 Å². The van der Waals surface area contributed by atoms with Crippen LogP contribution < -0.4 is 5.11 Å². The highest BCUT2D eigenvalue weighted by atomic mass is 16.6. The lowest BCUT2D eigenvalue weighted by Crippen LogP contribution is -2.55. The number of carbonyl (C=O) groups is 3. The highest BCUT2D eigenvalue weighted by Gasteiger charge is 2.25. The van der Waals surface area contributed by atoms with E-state index in [0.29, 0.717) is 12.8 Å². The van der Waals surface area contributed by atoms with E-state index in [2.05, 4.69) is 74.6 Å². The maximum absolute atomic E-state index is 12.8. The topological polar surface area (TPSA) is 102 Å². The van der Waals surface area contributed by atoms with Gasteiger partial charge >= 0.3 is 11.9 Å². The second kappa shape index (κ2) is 52.4. The van der Waals surface area contributed by atoms with E-state index in [9.17, 15) is 19.5 Å². The number of nitrogens with zero attached hydrogens (tertiary/aromatic N) is 1. The summed E-state index contributed by atoms with van der Waals surface area (Å²) in [4.78, 5) is 37.2. The van der Waals surface area contributed by atoms with Gasteiger partial charge < -0.3 is 28.6 Å². The Kier molecular flexibility index (Phi) is 50.1. The lowest BCUT2D eigenvalue weighted by Gasteiger charge is -2.34. The van der Waals surface area contributed by atoms with Gasteiger partial charge in [0.2, 0.25) is 0 Å². The van der Waals surface area contributed by atoms with Crippen LogP contribution in [0.4, 0.5) is 0 Å². The molecule has 0 N–H and O–H groups in total. The SMILES string of the molecule is CC/C=C/C/C=C/C/C=C/C/C=C/C/C=C/CCCCCCCCCC(=O)OCC(COCCC(C(=O)[O-])[N+](C)(C)C)OC(=O)CCCCCCCCCCCCCCCCCCCCCCCCC. The maximum Gasteiger partial charge on any atom is 0.306 e. The summed E-state index contributed by atoms with van der Waals surface area (Å²) in [7, 11) is 5.42. The number of aliphatic carboxylic acids is 1. The number of hydrogen-bond acceptors (Lipinski definition) is 7. The Morgan fingerprint density at radius 2 is 0.800 bits per heavy atom. The highest BCUT2D eigenvalue weighted by Crippen LogP contribution is 2.17. The van der Waals surface area contributed by atoms with Gasteiger partial charge in [0.05, 0.1) is 40.3 Å². The number of carboxylic acids is 1. The molecule has 0 saturated carbocycles. The Hall–Kier alpha value is -2.97. The Balaban J connectivity index is 4.17. The number of likely N-dealkylation sites (N-methyl/N-ethyl adjacent to an activating group) is 1. The van der Waals surface area contributed by atoms with Crippen LogP contribution in [0.3, 0.4) is 0 Å². The van der Waals surface area contributed by atoms with Crippen molar-refractivity contribution in [3.63, 3.8) is 0 Å². The van der Waals surface area contributed by atoms with Crippen LogP contribution in [-0.4, -0.2) is 75.5 Å². The Morgan fingerprint density at radius 3 is 1.19 bits per heavy atom. The van der Waals surface area contributed by atoms with Gasteiger partial charge in [-0.3, -0.25) is 9.59 Å². The molecule has 8 heteroatoms. The summed E-state index contributed by atoms with van der Waals surface area (Å²) in [5.74, 6) is -1.74. The molecule has 2 unspecified atom stereocenters. The molecule has 8 nitrogen and oxygen atoms in total. The number of unbranched alkanes of at least 4 members (excludes halogenated alkanes) is 29. The largest absolute Gasteiger partial charge is 0.544 e. The van der Waals surface area contributed by atoms with Crippen molar-refractivity contribution in [2.24, 2.45) is 0 Å². The van der Waals surface area contributed by atoms with Crippen molar-refractivity contribution in [3.8, 4) is 0 Å². The zero-order valence-corrected chi connectivity index (χ0v) is 46.4. The fourth-order valence-corrected chi connectivity index (χ4v) is 8.69. The van der Waals surface area contributed by atoms with E-state index in [1.807, 2.05) is 21.1 Å². The fourth-order valence-electron chi connectivity index (χ4n) is 8.69. The lowest BCUT2D eigenvalue weighted by atomic mass is 10.0. The predicted octanol–water partition coefficient (Wildman–Crippen LogP) is 16.3. The molecule has 2 atom stereocenters. The van der Waals surface area contributed by atoms with Crippen molar-refractivity contribution in [1.29, 1.82) is 0 Å². The minimum absolute atomic E-state index is 0.0381. The number of carboxylic acid groups (broad SMARTS) is 1. The summed E-state index contributed by atoms with van der Waals surface area (Å²) < 4.78 is 17.3. The molecule has 406 valence electrons. The number of esters is 2. The predicted molar refractivity (Wildman–Crippen MR) is 296 cm³/mol. The molecule has 0 radical (unpaired) electrons. The second-order valence-corrected chi connectivity index (χ2v) is 20.9. The summed E-state index contributed by atoms with van der Waals surface area (Å²) in [5.41, 5.74) is 0. The van der Waals surface area contributed by atoms with Crippen molar-refractivity contribution in [2.75, 3.05) is 41.0 Å². The monoisotopic (exact) mass is 982 g/mol. The summed E-state index contributed by atoms with van der Waals surface area (Å²) in [5, 5.41) is 11.7. The van der Waals surface area contributed by atoms with E-state index in [4.69, 9.17) is 14.2 Å². The Labute approximate surface area is 432 Å². The quantitative estimate of drug-likeness (QED) is 0.0259. The van der Waals surface area contributed by atoms with Gasteiger partial charge in [0.15, 0.2) is 6.10 Å². The zero-order valence-electron chi connectivity index (χ0n) is 46.4. The van der Waals surface area contributed by atoms with Crippen LogP contribution in [0.5, 0.6) is 0 Å². The average molecular weight is 983 g/mol. The van der Waals surface area contributed by atoms with Gasteiger partial charge in [0.1, 0.15) is 12.6 Å². The number of allylic oxidation sites excluding steroid dienone is 10. The molecule has 0 fully saturated rings. The minimum atomic E-state index is -1.12. The first-order chi connectivity index (χ1) is 34.1. The molecule has 0 aliphatic rings. The molecule has 0 aromatic carbocycles. The molecule has 0 aromatic heterocycles. The standard InChI is InChI=1S/C62H111NO7/c1-6-8-10-12-14-16-18-20-22-24-26-28-30-32-34-36-38-40-42-44-46-48-50-52-60(64)69-57-58(56-68-55-54-59(62(66)67)63(3,4)5)70-61(65)53-51-49-47-45-43-41-39-37-35-33-31-29-27-25-23-21-19-17-15-13-11-9-7-2/h8,10,14,16,20,22,26,28,32,34,58-59H,6-7,9,11-13,15,17-19,21,23-25,27,29-31,33,35-57H2,1-5H3/b10-8+,16-14+,22-20+,28-26+,34-32+. The third-order valence-electron chi connectivity index (χ3n) is 13.2. The first kappa shape index (κ1) is 67.0. The molecule has 70 heavy (non-hydrogen) atoms. The molecule has 0 heterocycles. The Bertz CT molecular complexity index is 1330.